The van der Waals surface area contributed by atoms with Gasteiger partial charge in [-0.3, -0.25) is 0 Å². The van der Waals surface area contributed by atoms with Crippen molar-refractivity contribution in [3.63, 3.8) is 0 Å². The van der Waals surface area contributed by atoms with E-state index in [4.69, 9.17) is 9.47 Å². The predicted molar refractivity (Wildman–Crippen MR) is 64.4 cm³/mol. The van der Waals surface area contributed by atoms with Crippen molar-refractivity contribution in [2.24, 2.45) is 0 Å². The summed E-state index contributed by atoms with van der Waals surface area (Å²) in [4.78, 5) is 4.25. The van der Waals surface area contributed by atoms with E-state index in [1.54, 1.807) is 13.3 Å². The molecule has 3 heterocycles. The number of nitrogens with one attached hydrogen (secondary N) is 1. The fourth-order valence-corrected chi connectivity index (χ4v) is 2.88. The van der Waals surface area contributed by atoms with E-state index in [0.29, 0.717) is 18.0 Å². The molecule has 2 bridgehead atoms. The average Bonchev–Trinajstić information content (AvgIpc) is 2.69. The van der Waals surface area contributed by atoms with Crippen molar-refractivity contribution in [1.29, 1.82) is 0 Å². The van der Waals surface area contributed by atoms with Gasteiger partial charge in [-0.25, -0.2) is 4.98 Å². The fourth-order valence-electron chi connectivity index (χ4n) is 2.88. The molecule has 2 atom stereocenters. The van der Waals surface area contributed by atoms with Crippen LogP contribution in [0.3, 0.4) is 0 Å². The lowest BCUT2D eigenvalue weighted by molar-refractivity contribution is 0.127. The minimum absolute atomic E-state index is 0.276. The molecule has 0 spiro atoms. The molecule has 0 radical (unpaired) electrons. The van der Waals surface area contributed by atoms with Gasteiger partial charge in [0.25, 0.3) is 5.88 Å². The van der Waals surface area contributed by atoms with E-state index < -0.39 is 0 Å². The van der Waals surface area contributed by atoms with Gasteiger partial charge in [0.15, 0.2) is 5.75 Å². The summed E-state index contributed by atoms with van der Waals surface area (Å²) in [6.07, 6.45) is 6.74. The number of aromatic nitrogens is 1. The van der Waals surface area contributed by atoms with E-state index in [2.05, 4.69) is 10.3 Å². The van der Waals surface area contributed by atoms with E-state index in [1.165, 1.54) is 12.8 Å². The molecule has 1 aromatic rings. The van der Waals surface area contributed by atoms with Crippen LogP contribution in [-0.2, 0) is 0 Å². The number of pyridine rings is 1. The molecule has 2 aliphatic rings. The van der Waals surface area contributed by atoms with E-state index in [1.807, 2.05) is 12.1 Å². The number of hydrogen-bond donors (Lipinski definition) is 1. The summed E-state index contributed by atoms with van der Waals surface area (Å²) in [6.45, 7) is 0. The molecule has 4 heteroatoms. The highest BCUT2D eigenvalue weighted by Gasteiger charge is 2.34. The zero-order valence-corrected chi connectivity index (χ0v) is 10.1. The number of rotatable bonds is 3. The summed E-state index contributed by atoms with van der Waals surface area (Å²) in [7, 11) is 1.65. The number of ether oxygens (including phenoxy) is 2. The second-order valence-corrected chi connectivity index (χ2v) is 4.86. The number of fused-ring (bicyclic) bond motifs is 2. The normalized spacial score (nSPS) is 31.2. The lowest BCUT2D eigenvalue weighted by Crippen LogP contribution is -2.42. The van der Waals surface area contributed by atoms with Crippen LogP contribution in [0.1, 0.15) is 25.7 Å². The van der Waals surface area contributed by atoms with Gasteiger partial charge in [-0.05, 0) is 37.8 Å². The van der Waals surface area contributed by atoms with Crippen LogP contribution >= 0.6 is 0 Å². The largest absolute Gasteiger partial charge is 0.491 e. The zero-order chi connectivity index (χ0) is 11.7. The molecule has 2 saturated heterocycles. The molecule has 3 rings (SSSR count). The highest BCUT2D eigenvalue weighted by Crippen LogP contribution is 2.31. The van der Waals surface area contributed by atoms with Gasteiger partial charge in [0.2, 0.25) is 0 Å². The first-order chi connectivity index (χ1) is 8.35. The number of hydrogen-bond acceptors (Lipinski definition) is 4. The summed E-state index contributed by atoms with van der Waals surface area (Å²) >= 11 is 0. The summed E-state index contributed by atoms with van der Waals surface area (Å²) in [5.74, 6) is 1.35. The Hall–Kier alpha value is -1.29. The van der Waals surface area contributed by atoms with Crippen LogP contribution in [0.5, 0.6) is 11.6 Å². The first-order valence-corrected chi connectivity index (χ1v) is 6.27. The van der Waals surface area contributed by atoms with Crippen LogP contribution in [0, 0.1) is 0 Å². The lowest BCUT2D eigenvalue weighted by atomic mass is 10.0. The maximum Gasteiger partial charge on any atom is 0.257 e. The molecular weight excluding hydrogens is 216 g/mol. The topological polar surface area (TPSA) is 43.4 Å². The number of nitrogens with zero attached hydrogens (tertiary/aromatic N) is 1. The Kier molecular flexibility index (Phi) is 2.89. The first-order valence-electron chi connectivity index (χ1n) is 6.27. The average molecular weight is 234 g/mol. The van der Waals surface area contributed by atoms with Gasteiger partial charge in [-0.1, -0.05) is 0 Å². The fraction of sp³-hybridized carbons (Fsp3) is 0.615. The molecule has 0 saturated carbocycles. The smallest absolute Gasteiger partial charge is 0.257 e. The summed E-state index contributed by atoms with van der Waals surface area (Å²) in [6, 6.07) is 5.01. The van der Waals surface area contributed by atoms with Crippen LogP contribution in [0.15, 0.2) is 18.3 Å². The van der Waals surface area contributed by atoms with Crippen molar-refractivity contribution < 1.29 is 9.47 Å². The Bertz CT molecular complexity index is 385. The maximum atomic E-state index is 5.98. The van der Waals surface area contributed by atoms with Crippen molar-refractivity contribution in [1.82, 2.24) is 10.3 Å². The predicted octanol–water partition coefficient (Wildman–Crippen LogP) is 1.75. The van der Waals surface area contributed by atoms with Crippen LogP contribution in [0.25, 0.3) is 0 Å². The number of methoxy groups -OCH3 is 1. The Morgan fingerprint density at radius 2 is 2.06 bits per heavy atom. The third kappa shape index (κ3) is 2.22. The second kappa shape index (κ2) is 4.53. The molecule has 4 nitrogen and oxygen atoms in total. The van der Waals surface area contributed by atoms with Crippen molar-refractivity contribution >= 4 is 0 Å². The molecule has 0 amide bonds. The van der Waals surface area contributed by atoms with Crippen molar-refractivity contribution in [2.45, 2.75) is 43.9 Å². The highest BCUT2D eigenvalue weighted by atomic mass is 16.5. The number of piperidine rings is 1. The molecule has 0 aliphatic carbocycles. The molecule has 0 aromatic carbocycles. The molecule has 92 valence electrons. The maximum absolute atomic E-state index is 5.98. The lowest BCUT2D eigenvalue weighted by Gasteiger charge is -2.29. The van der Waals surface area contributed by atoms with E-state index in [0.717, 1.165) is 18.6 Å². The molecule has 2 aliphatic heterocycles. The van der Waals surface area contributed by atoms with Crippen LogP contribution in [-0.4, -0.2) is 30.3 Å². The van der Waals surface area contributed by atoms with Gasteiger partial charge in [-0.2, -0.15) is 0 Å². The van der Waals surface area contributed by atoms with Gasteiger partial charge in [0, 0.05) is 18.3 Å². The van der Waals surface area contributed by atoms with Crippen LogP contribution < -0.4 is 14.8 Å². The van der Waals surface area contributed by atoms with Gasteiger partial charge >= 0.3 is 0 Å². The first kappa shape index (κ1) is 10.8. The summed E-state index contributed by atoms with van der Waals surface area (Å²) < 4.78 is 11.2. The molecule has 17 heavy (non-hydrogen) atoms. The highest BCUT2D eigenvalue weighted by molar-refractivity contribution is 5.32. The zero-order valence-electron chi connectivity index (χ0n) is 10.1. The van der Waals surface area contributed by atoms with Crippen molar-refractivity contribution in [3.05, 3.63) is 18.3 Å². The van der Waals surface area contributed by atoms with E-state index in [9.17, 15) is 0 Å². The quantitative estimate of drug-likeness (QED) is 0.865. The van der Waals surface area contributed by atoms with E-state index in [-0.39, 0.29) is 6.10 Å². The van der Waals surface area contributed by atoms with Crippen molar-refractivity contribution in [3.8, 4) is 11.6 Å². The third-order valence-corrected chi connectivity index (χ3v) is 3.66. The molecule has 2 unspecified atom stereocenters. The minimum Gasteiger partial charge on any atom is -0.491 e. The van der Waals surface area contributed by atoms with E-state index >= 15 is 0 Å². The molecule has 1 N–H and O–H groups in total. The molecule has 2 fully saturated rings. The van der Waals surface area contributed by atoms with Gasteiger partial charge in [0.1, 0.15) is 6.10 Å². The van der Waals surface area contributed by atoms with Crippen LogP contribution in [0.4, 0.5) is 0 Å². The third-order valence-electron chi connectivity index (χ3n) is 3.66. The van der Waals surface area contributed by atoms with Crippen LogP contribution in [0.2, 0.25) is 0 Å². The SMILES string of the molecule is COc1cccnc1OC1CC2CCC(C1)N2. The molecule has 1 aromatic heterocycles. The monoisotopic (exact) mass is 234 g/mol. The van der Waals surface area contributed by atoms with Gasteiger partial charge in [-0.15, -0.1) is 0 Å². The Labute approximate surface area is 101 Å². The van der Waals surface area contributed by atoms with Gasteiger partial charge < -0.3 is 14.8 Å². The Morgan fingerprint density at radius 3 is 2.76 bits per heavy atom. The minimum atomic E-state index is 0.276. The standard InChI is InChI=1S/C13H18N2O2/c1-16-12-3-2-6-14-13(12)17-11-7-9-4-5-10(8-11)15-9/h2-3,6,9-11,15H,4-5,7-8H2,1H3. The summed E-state index contributed by atoms with van der Waals surface area (Å²) in [5, 5.41) is 3.60. The molecular formula is C13H18N2O2. The summed E-state index contributed by atoms with van der Waals surface area (Å²) in [5.41, 5.74) is 0. The van der Waals surface area contributed by atoms with Gasteiger partial charge in [0.05, 0.1) is 7.11 Å². The Balaban J connectivity index is 1.70. The Morgan fingerprint density at radius 1 is 1.29 bits per heavy atom. The second-order valence-electron chi connectivity index (χ2n) is 4.86. The van der Waals surface area contributed by atoms with Crippen molar-refractivity contribution in [2.75, 3.05) is 7.11 Å².